The average Bonchev–Trinajstić information content (AvgIpc) is 3.09. The van der Waals surface area contributed by atoms with Crippen LogP contribution in [0.3, 0.4) is 0 Å². The highest BCUT2D eigenvalue weighted by Crippen LogP contribution is 2.13. The van der Waals surface area contributed by atoms with Crippen molar-refractivity contribution in [2.45, 2.75) is 13.8 Å². The first-order valence-corrected chi connectivity index (χ1v) is 7.47. The predicted octanol–water partition coefficient (Wildman–Crippen LogP) is 2.47. The minimum Gasteiger partial charge on any atom is -0.363 e. The van der Waals surface area contributed by atoms with Crippen molar-refractivity contribution in [3.8, 4) is 0 Å². The van der Waals surface area contributed by atoms with E-state index in [0.29, 0.717) is 17.2 Å². The summed E-state index contributed by atoms with van der Waals surface area (Å²) in [5.74, 6) is 0.185. The van der Waals surface area contributed by atoms with Gasteiger partial charge in [0.2, 0.25) is 5.91 Å². The third-order valence-electron chi connectivity index (χ3n) is 2.64. The molecule has 2 aromatic heterocycles. The van der Waals surface area contributed by atoms with Crippen LogP contribution in [-0.4, -0.2) is 35.0 Å². The molecule has 0 aliphatic carbocycles. The molecule has 0 aliphatic heterocycles. The zero-order chi connectivity index (χ0) is 15.2. The van der Waals surface area contributed by atoms with Crippen molar-refractivity contribution in [2.75, 3.05) is 18.4 Å². The molecule has 112 valence electrons. The second-order valence-electron chi connectivity index (χ2n) is 4.99. The molecular weight excluding hydrogens is 290 g/mol. The van der Waals surface area contributed by atoms with Crippen LogP contribution in [0.5, 0.6) is 0 Å². The van der Waals surface area contributed by atoms with Crippen molar-refractivity contribution >= 4 is 29.0 Å². The largest absolute Gasteiger partial charge is 0.363 e. The standard InChI is InChI=1S/C14H17N3O3S/c1-10(2)8-17(14(19)11-4-3-7-21-11)9-13(18)15-12-5-6-20-16-12/h3-7,10H,8-9H2,1-2H3,(H,15,16,18). The monoisotopic (exact) mass is 307 g/mol. The average molecular weight is 307 g/mol. The molecule has 0 saturated heterocycles. The summed E-state index contributed by atoms with van der Waals surface area (Å²) in [5, 5.41) is 8.05. The van der Waals surface area contributed by atoms with Gasteiger partial charge in [0.15, 0.2) is 5.82 Å². The van der Waals surface area contributed by atoms with Crippen LogP contribution in [-0.2, 0) is 4.79 Å². The molecule has 0 aliphatic rings. The summed E-state index contributed by atoms with van der Waals surface area (Å²) in [5.41, 5.74) is 0. The molecule has 0 atom stereocenters. The summed E-state index contributed by atoms with van der Waals surface area (Å²) in [6.07, 6.45) is 1.37. The van der Waals surface area contributed by atoms with Crippen molar-refractivity contribution in [1.29, 1.82) is 0 Å². The number of rotatable bonds is 6. The second kappa shape index (κ2) is 7.03. The lowest BCUT2D eigenvalue weighted by molar-refractivity contribution is -0.117. The fourth-order valence-electron chi connectivity index (χ4n) is 1.85. The molecule has 1 N–H and O–H groups in total. The Kier molecular flexibility index (Phi) is 5.10. The highest BCUT2D eigenvalue weighted by atomic mass is 32.1. The summed E-state index contributed by atoms with van der Waals surface area (Å²) in [6, 6.07) is 5.13. The van der Waals surface area contributed by atoms with Crippen LogP contribution in [0.4, 0.5) is 5.82 Å². The van der Waals surface area contributed by atoms with Crippen molar-refractivity contribution < 1.29 is 14.1 Å². The number of carbonyl (C=O) groups is 2. The van der Waals surface area contributed by atoms with Gasteiger partial charge < -0.3 is 14.7 Å². The fourth-order valence-corrected chi connectivity index (χ4v) is 2.54. The Morgan fingerprint density at radius 3 is 2.81 bits per heavy atom. The van der Waals surface area contributed by atoms with Crippen LogP contribution in [0.1, 0.15) is 23.5 Å². The Bertz CT molecular complexity index is 579. The Hall–Kier alpha value is -2.15. The fraction of sp³-hybridized carbons (Fsp3) is 0.357. The maximum Gasteiger partial charge on any atom is 0.264 e. The van der Waals surface area contributed by atoms with Gasteiger partial charge in [-0.15, -0.1) is 11.3 Å². The zero-order valence-corrected chi connectivity index (χ0v) is 12.7. The lowest BCUT2D eigenvalue weighted by atomic mass is 10.2. The Balaban J connectivity index is 2.02. The highest BCUT2D eigenvalue weighted by molar-refractivity contribution is 7.12. The molecule has 2 heterocycles. The smallest absolute Gasteiger partial charge is 0.264 e. The summed E-state index contributed by atoms with van der Waals surface area (Å²) in [7, 11) is 0. The molecule has 2 aromatic rings. The molecular formula is C14H17N3O3S. The van der Waals surface area contributed by atoms with Gasteiger partial charge in [-0.2, -0.15) is 0 Å². The van der Waals surface area contributed by atoms with Gasteiger partial charge in [-0.1, -0.05) is 25.1 Å². The molecule has 6 nitrogen and oxygen atoms in total. The number of hydrogen-bond acceptors (Lipinski definition) is 5. The van der Waals surface area contributed by atoms with Crippen molar-refractivity contribution in [3.63, 3.8) is 0 Å². The number of thiophene rings is 1. The van der Waals surface area contributed by atoms with E-state index in [9.17, 15) is 9.59 Å². The summed E-state index contributed by atoms with van der Waals surface area (Å²) < 4.78 is 4.65. The number of nitrogens with zero attached hydrogens (tertiary/aromatic N) is 2. The number of aromatic nitrogens is 1. The van der Waals surface area contributed by atoms with E-state index in [1.807, 2.05) is 25.3 Å². The van der Waals surface area contributed by atoms with Crippen molar-refractivity contribution in [1.82, 2.24) is 10.1 Å². The molecule has 0 radical (unpaired) electrons. The van der Waals surface area contributed by atoms with Gasteiger partial charge in [0, 0.05) is 12.6 Å². The van der Waals surface area contributed by atoms with Crippen LogP contribution in [0.15, 0.2) is 34.4 Å². The Labute approximate surface area is 126 Å². The molecule has 21 heavy (non-hydrogen) atoms. The first-order valence-electron chi connectivity index (χ1n) is 6.59. The maximum absolute atomic E-state index is 12.4. The third-order valence-corrected chi connectivity index (χ3v) is 3.50. The van der Waals surface area contributed by atoms with E-state index >= 15 is 0 Å². The van der Waals surface area contributed by atoms with Crippen molar-refractivity contribution in [3.05, 3.63) is 34.7 Å². The van der Waals surface area contributed by atoms with E-state index in [4.69, 9.17) is 0 Å². The van der Waals surface area contributed by atoms with E-state index in [-0.39, 0.29) is 24.3 Å². The number of anilines is 1. The van der Waals surface area contributed by atoms with E-state index in [1.54, 1.807) is 17.0 Å². The molecule has 0 bridgehead atoms. The molecule has 0 aromatic carbocycles. The topological polar surface area (TPSA) is 75.4 Å². The number of nitrogens with one attached hydrogen (secondary N) is 1. The Morgan fingerprint density at radius 1 is 1.43 bits per heavy atom. The van der Waals surface area contributed by atoms with Crippen LogP contribution in [0, 0.1) is 5.92 Å². The van der Waals surface area contributed by atoms with Crippen LogP contribution >= 0.6 is 11.3 Å². The third kappa shape index (κ3) is 4.42. The SMILES string of the molecule is CC(C)CN(CC(=O)Nc1ccon1)C(=O)c1cccs1. The van der Waals surface area contributed by atoms with Gasteiger partial charge in [-0.05, 0) is 17.4 Å². The number of hydrogen-bond donors (Lipinski definition) is 1. The Morgan fingerprint density at radius 2 is 2.24 bits per heavy atom. The summed E-state index contributed by atoms with van der Waals surface area (Å²) >= 11 is 1.37. The van der Waals surface area contributed by atoms with Crippen LogP contribution < -0.4 is 5.32 Å². The summed E-state index contributed by atoms with van der Waals surface area (Å²) in [6.45, 7) is 4.51. The van der Waals surface area contributed by atoms with E-state index in [1.165, 1.54) is 17.6 Å². The summed E-state index contributed by atoms with van der Waals surface area (Å²) in [4.78, 5) is 26.6. The van der Waals surface area contributed by atoms with Gasteiger partial charge in [0.1, 0.15) is 12.8 Å². The minimum atomic E-state index is -0.297. The molecule has 0 spiro atoms. The lowest BCUT2D eigenvalue weighted by Gasteiger charge is -2.23. The highest BCUT2D eigenvalue weighted by Gasteiger charge is 2.20. The molecule has 7 heteroatoms. The number of carbonyl (C=O) groups excluding carboxylic acids is 2. The zero-order valence-electron chi connectivity index (χ0n) is 11.9. The second-order valence-corrected chi connectivity index (χ2v) is 5.94. The molecule has 2 amide bonds. The van der Waals surface area contributed by atoms with Crippen LogP contribution in [0.2, 0.25) is 0 Å². The van der Waals surface area contributed by atoms with Gasteiger partial charge in [-0.25, -0.2) is 0 Å². The first kappa shape index (κ1) is 15.2. The van der Waals surface area contributed by atoms with Crippen LogP contribution in [0.25, 0.3) is 0 Å². The molecule has 0 unspecified atom stereocenters. The van der Waals surface area contributed by atoms with E-state index < -0.39 is 0 Å². The maximum atomic E-state index is 12.4. The molecule has 0 saturated carbocycles. The van der Waals surface area contributed by atoms with Gasteiger partial charge in [0.25, 0.3) is 5.91 Å². The lowest BCUT2D eigenvalue weighted by Crippen LogP contribution is -2.39. The van der Waals surface area contributed by atoms with Crippen molar-refractivity contribution in [2.24, 2.45) is 5.92 Å². The first-order chi connectivity index (χ1) is 10.1. The van der Waals surface area contributed by atoms with Gasteiger partial charge >= 0.3 is 0 Å². The number of amides is 2. The van der Waals surface area contributed by atoms with E-state index in [2.05, 4.69) is 15.0 Å². The minimum absolute atomic E-state index is 0.0121. The molecule has 2 rings (SSSR count). The normalized spacial score (nSPS) is 10.6. The van der Waals surface area contributed by atoms with Gasteiger partial charge in [-0.3, -0.25) is 9.59 Å². The quantitative estimate of drug-likeness (QED) is 0.889. The van der Waals surface area contributed by atoms with E-state index in [0.717, 1.165) is 0 Å². The molecule has 0 fully saturated rings. The predicted molar refractivity (Wildman–Crippen MR) is 80.2 cm³/mol. The van der Waals surface area contributed by atoms with Gasteiger partial charge in [0.05, 0.1) is 4.88 Å².